The Hall–Kier alpha value is -2.50. The predicted molar refractivity (Wildman–Crippen MR) is 60.4 cm³/mol. The molecule has 6 nitrogen and oxygen atoms in total. The first-order chi connectivity index (χ1) is 8.24. The van der Waals surface area contributed by atoms with Gasteiger partial charge in [-0.05, 0) is 29.8 Å². The minimum absolute atomic E-state index is 0.119. The third kappa shape index (κ3) is 1.59. The number of aryl methyl sites for hydroxylation is 1. The minimum Gasteiger partial charge on any atom is -0.452 e. The van der Waals surface area contributed by atoms with Gasteiger partial charge in [-0.25, -0.2) is 0 Å². The molecule has 0 unspecified atom stereocenters. The summed E-state index contributed by atoms with van der Waals surface area (Å²) < 4.78 is 5.58. The van der Waals surface area contributed by atoms with E-state index in [0.717, 1.165) is 5.56 Å². The standard InChI is InChI=1S/C11H8N4O2/c1-6-2-3-7-8(16)5-10(17-9(7)4-6)11-12-14-15-13-11/h2-5H,1H3,(H,12,13,14,15). The zero-order chi connectivity index (χ0) is 11.8. The Labute approximate surface area is 95.3 Å². The molecule has 2 aromatic heterocycles. The van der Waals surface area contributed by atoms with Gasteiger partial charge in [-0.1, -0.05) is 6.07 Å². The topological polar surface area (TPSA) is 84.7 Å². The summed E-state index contributed by atoms with van der Waals surface area (Å²) in [5.41, 5.74) is 1.43. The number of hydrogen-bond donors (Lipinski definition) is 1. The van der Waals surface area contributed by atoms with Crippen LogP contribution in [0.15, 0.2) is 33.5 Å². The van der Waals surface area contributed by atoms with Crippen LogP contribution in [-0.4, -0.2) is 20.6 Å². The molecule has 0 aliphatic heterocycles. The van der Waals surface area contributed by atoms with Crippen LogP contribution in [0.25, 0.3) is 22.6 Å². The molecule has 6 heteroatoms. The SMILES string of the molecule is Cc1ccc2c(=O)cc(-c3nn[nH]n3)oc2c1. The molecule has 84 valence electrons. The van der Waals surface area contributed by atoms with Gasteiger partial charge in [0, 0.05) is 6.07 Å². The second-order valence-corrected chi connectivity index (χ2v) is 3.71. The van der Waals surface area contributed by atoms with Crippen molar-refractivity contribution in [2.24, 2.45) is 0 Å². The van der Waals surface area contributed by atoms with Crippen LogP contribution >= 0.6 is 0 Å². The Bertz CT molecular complexity index is 731. The Morgan fingerprint density at radius 2 is 2.18 bits per heavy atom. The van der Waals surface area contributed by atoms with Crippen LogP contribution < -0.4 is 5.43 Å². The number of benzene rings is 1. The maximum atomic E-state index is 11.9. The molecule has 0 aliphatic rings. The Morgan fingerprint density at radius 3 is 2.94 bits per heavy atom. The Balaban J connectivity index is 2.33. The van der Waals surface area contributed by atoms with Gasteiger partial charge in [-0.2, -0.15) is 5.21 Å². The van der Waals surface area contributed by atoms with Crippen molar-refractivity contribution in [2.45, 2.75) is 6.92 Å². The molecule has 0 fully saturated rings. The highest BCUT2D eigenvalue weighted by Crippen LogP contribution is 2.18. The molecule has 0 amide bonds. The molecule has 1 N–H and O–H groups in total. The first-order valence-corrected chi connectivity index (χ1v) is 5.02. The number of fused-ring (bicyclic) bond motifs is 1. The first-order valence-electron chi connectivity index (χ1n) is 5.02. The summed E-state index contributed by atoms with van der Waals surface area (Å²) in [7, 11) is 0. The average Bonchev–Trinajstić information content (AvgIpc) is 2.81. The summed E-state index contributed by atoms with van der Waals surface area (Å²) in [4.78, 5) is 11.9. The summed E-state index contributed by atoms with van der Waals surface area (Å²) in [6.07, 6.45) is 0. The van der Waals surface area contributed by atoms with E-state index >= 15 is 0 Å². The number of nitrogens with zero attached hydrogens (tertiary/aromatic N) is 3. The fourth-order valence-electron chi connectivity index (χ4n) is 1.64. The van der Waals surface area contributed by atoms with E-state index in [1.165, 1.54) is 6.07 Å². The number of hydrogen-bond acceptors (Lipinski definition) is 5. The molecule has 1 aromatic carbocycles. The van der Waals surface area contributed by atoms with Crippen LogP contribution in [0.4, 0.5) is 0 Å². The molecule has 17 heavy (non-hydrogen) atoms. The smallest absolute Gasteiger partial charge is 0.239 e. The summed E-state index contributed by atoms with van der Waals surface area (Å²) in [5.74, 6) is 0.576. The molecule has 3 rings (SSSR count). The van der Waals surface area contributed by atoms with E-state index in [9.17, 15) is 4.79 Å². The minimum atomic E-state index is -0.119. The lowest BCUT2D eigenvalue weighted by molar-refractivity contribution is 0.612. The van der Waals surface area contributed by atoms with E-state index < -0.39 is 0 Å². The van der Waals surface area contributed by atoms with E-state index in [1.807, 2.05) is 13.0 Å². The van der Waals surface area contributed by atoms with Crippen molar-refractivity contribution in [1.82, 2.24) is 20.6 Å². The molecular formula is C11H8N4O2. The number of tetrazole rings is 1. The van der Waals surface area contributed by atoms with Gasteiger partial charge in [0.1, 0.15) is 5.58 Å². The van der Waals surface area contributed by atoms with Gasteiger partial charge in [0.15, 0.2) is 11.2 Å². The molecule has 0 aliphatic carbocycles. The molecule has 2 heterocycles. The zero-order valence-corrected chi connectivity index (χ0v) is 8.97. The molecule has 0 atom stereocenters. The normalized spacial score (nSPS) is 10.9. The summed E-state index contributed by atoms with van der Waals surface area (Å²) in [5, 5.41) is 13.8. The zero-order valence-electron chi connectivity index (χ0n) is 8.97. The number of H-pyrrole nitrogens is 1. The lowest BCUT2D eigenvalue weighted by Gasteiger charge is -2.00. The van der Waals surface area contributed by atoms with Crippen molar-refractivity contribution < 1.29 is 4.42 Å². The van der Waals surface area contributed by atoms with Gasteiger partial charge in [0.05, 0.1) is 5.39 Å². The fraction of sp³-hybridized carbons (Fsp3) is 0.0909. The van der Waals surface area contributed by atoms with Crippen molar-refractivity contribution in [3.05, 3.63) is 40.1 Å². The highest BCUT2D eigenvalue weighted by Gasteiger charge is 2.10. The monoisotopic (exact) mass is 228 g/mol. The molecule has 0 saturated heterocycles. The Morgan fingerprint density at radius 1 is 1.29 bits per heavy atom. The average molecular weight is 228 g/mol. The lowest BCUT2D eigenvalue weighted by Crippen LogP contribution is -2.00. The second-order valence-electron chi connectivity index (χ2n) is 3.71. The number of aromatic amines is 1. The quantitative estimate of drug-likeness (QED) is 0.678. The van der Waals surface area contributed by atoms with Crippen molar-refractivity contribution in [3.8, 4) is 11.6 Å². The molecule has 0 radical (unpaired) electrons. The van der Waals surface area contributed by atoms with Crippen LogP contribution in [0, 0.1) is 6.92 Å². The molecular weight excluding hydrogens is 220 g/mol. The number of aromatic nitrogens is 4. The van der Waals surface area contributed by atoms with Crippen LogP contribution in [0.1, 0.15) is 5.56 Å². The van der Waals surface area contributed by atoms with E-state index in [1.54, 1.807) is 12.1 Å². The van der Waals surface area contributed by atoms with Crippen molar-refractivity contribution in [2.75, 3.05) is 0 Å². The Kier molecular flexibility index (Phi) is 2.01. The van der Waals surface area contributed by atoms with Gasteiger partial charge in [-0.3, -0.25) is 4.79 Å². The van der Waals surface area contributed by atoms with Crippen molar-refractivity contribution >= 4 is 11.0 Å². The van der Waals surface area contributed by atoms with Crippen molar-refractivity contribution in [1.29, 1.82) is 0 Å². The third-order valence-electron chi connectivity index (χ3n) is 2.45. The maximum absolute atomic E-state index is 11.9. The van der Waals surface area contributed by atoms with E-state index in [-0.39, 0.29) is 11.3 Å². The van der Waals surface area contributed by atoms with E-state index in [2.05, 4.69) is 20.6 Å². The molecule has 0 spiro atoms. The summed E-state index contributed by atoms with van der Waals surface area (Å²) in [6.45, 7) is 1.93. The fourth-order valence-corrected chi connectivity index (χ4v) is 1.64. The molecule has 0 saturated carbocycles. The highest BCUT2D eigenvalue weighted by atomic mass is 16.3. The number of nitrogens with one attached hydrogen (secondary N) is 1. The van der Waals surface area contributed by atoms with Crippen LogP contribution in [0.2, 0.25) is 0 Å². The van der Waals surface area contributed by atoms with E-state index in [0.29, 0.717) is 16.7 Å². The van der Waals surface area contributed by atoms with Gasteiger partial charge in [0.2, 0.25) is 5.82 Å². The van der Waals surface area contributed by atoms with Gasteiger partial charge in [-0.15, -0.1) is 10.2 Å². The summed E-state index contributed by atoms with van der Waals surface area (Å²) in [6, 6.07) is 6.78. The van der Waals surface area contributed by atoms with Gasteiger partial charge < -0.3 is 4.42 Å². The molecule has 0 bridgehead atoms. The van der Waals surface area contributed by atoms with Gasteiger partial charge >= 0.3 is 0 Å². The van der Waals surface area contributed by atoms with E-state index in [4.69, 9.17) is 4.42 Å². The highest BCUT2D eigenvalue weighted by molar-refractivity contribution is 5.78. The van der Waals surface area contributed by atoms with Gasteiger partial charge in [0.25, 0.3) is 0 Å². The largest absolute Gasteiger partial charge is 0.452 e. The summed E-state index contributed by atoms with van der Waals surface area (Å²) >= 11 is 0. The van der Waals surface area contributed by atoms with Crippen LogP contribution in [0.5, 0.6) is 0 Å². The van der Waals surface area contributed by atoms with Crippen molar-refractivity contribution in [3.63, 3.8) is 0 Å². The second kappa shape index (κ2) is 3.51. The molecule has 3 aromatic rings. The van der Waals surface area contributed by atoms with Crippen LogP contribution in [0.3, 0.4) is 0 Å². The number of rotatable bonds is 1. The lowest BCUT2D eigenvalue weighted by atomic mass is 10.1. The maximum Gasteiger partial charge on any atom is 0.239 e. The van der Waals surface area contributed by atoms with Crippen LogP contribution in [-0.2, 0) is 0 Å². The predicted octanol–water partition coefficient (Wildman–Crippen LogP) is 1.28. The first kappa shape index (κ1) is 9.71. The third-order valence-corrected chi connectivity index (χ3v) is 2.45.